The molecule has 162 valence electrons. The molecule has 0 spiro atoms. The second-order valence-electron chi connectivity index (χ2n) is 7.97. The quantitative estimate of drug-likeness (QED) is 0.715. The van der Waals surface area contributed by atoms with Gasteiger partial charge in [0, 0.05) is 27.3 Å². The first kappa shape index (κ1) is 21.7. The Morgan fingerprint density at radius 1 is 1.03 bits per heavy atom. The molecule has 4 rings (SSSR count). The molecule has 3 amide bonds. The minimum absolute atomic E-state index is 0.0834. The number of rotatable bonds is 4. The highest BCUT2D eigenvalue weighted by molar-refractivity contribution is 6.35. The maximum atomic E-state index is 13.4. The first-order chi connectivity index (χ1) is 14.9. The number of piperazine rings is 1. The monoisotopic (exact) mass is 459 g/mol. The van der Waals surface area contributed by atoms with Gasteiger partial charge < -0.3 is 15.5 Å². The first-order valence-corrected chi connectivity index (χ1v) is 11.1. The van der Waals surface area contributed by atoms with Gasteiger partial charge in [-0.25, -0.2) is 0 Å². The summed E-state index contributed by atoms with van der Waals surface area (Å²) in [6, 6.07) is 12.5. The summed E-state index contributed by atoms with van der Waals surface area (Å²) in [5.74, 6) is -0.915. The molecule has 1 aliphatic carbocycles. The van der Waals surface area contributed by atoms with Gasteiger partial charge in [0.15, 0.2) is 0 Å². The number of nitrogens with zero attached hydrogens (tertiary/aromatic N) is 1. The van der Waals surface area contributed by atoms with Crippen LogP contribution >= 0.6 is 23.2 Å². The molecule has 0 unspecified atom stereocenters. The van der Waals surface area contributed by atoms with Crippen molar-refractivity contribution in [2.75, 3.05) is 5.32 Å². The number of nitrogens with one attached hydrogen (secondary N) is 2. The molecule has 2 aliphatic rings. The summed E-state index contributed by atoms with van der Waals surface area (Å²) in [7, 11) is 0. The fraction of sp³-hybridized carbons (Fsp3) is 0.348. The van der Waals surface area contributed by atoms with E-state index >= 15 is 0 Å². The zero-order valence-electron chi connectivity index (χ0n) is 16.8. The molecular formula is C23H23Cl2N3O3. The zero-order valence-corrected chi connectivity index (χ0v) is 18.3. The van der Waals surface area contributed by atoms with Gasteiger partial charge in [-0.3, -0.25) is 14.4 Å². The van der Waals surface area contributed by atoms with Crippen molar-refractivity contribution in [3.63, 3.8) is 0 Å². The van der Waals surface area contributed by atoms with Crippen molar-refractivity contribution in [3.05, 3.63) is 64.1 Å². The number of fused-ring (bicyclic) bond motifs is 1. The van der Waals surface area contributed by atoms with Crippen LogP contribution in [-0.2, 0) is 9.59 Å². The molecule has 8 heteroatoms. The van der Waals surface area contributed by atoms with Gasteiger partial charge in [-0.1, -0.05) is 54.2 Å². The number of halogens is 2. The van der Waals surface area contributed by atoms with Gasteiger partial charge in [-0.15, -0.1) is 0 Å². The van der Waals surface area contributed by atoms with E-state index in [1.165, 1.54) is 0 Å². The smallest absolute Gasteiger partial charge is 0.254 e. The Morgan fingerprint density at radius 2 is 1.71 bits per heavy atom. The third-order valence-electron chi connectivity index (χ3n) is 5.83. The van der Waals surface area contributed by atoms with Crippen LogP contribution in [-0.4, -0.2) is 40.7 Å². The summed E-state index contributed by atoms with van der Waals surface area (Å²) < 4.78 is 0. The minimum atomic E-state index is -0.887. The molecule has 31 heavy (non-hydrogen) atoms. The summed E-state index contributed by atoms with van der Waals surface area (Å²) >= 11 is 12.0. The maximum absolute atomic E-state index is 13.4. The third kappa shape index (κ3) is 4.86. The molecule has 1 saturated carbocycles. The van der Waals surface area contributed by atoms with E-state index in [4.69, 9.17) is 23.2 Å². The number of hydrogen-bond acceptors (Lipinski definition) is 3. The molecule has 1 saturated heterocycles. The van der Waals surface area contributed by atoms with Crippen LogP contribution in [0.1, 0.15) is 42.5 Å². The van der Waals surface area contributed by atoms with Crippen LogP contribution in [0.25, 0.3) is 0 Å². The SMILES string of the molecule is O=C(C[C@@H]1C(=O)N[C@@H]2CCCC[C@H]2N1C(=O)c1ccccc1)Nc1cc(Cl)cc(Cl)c1. The van der Waals surface area contributed by atoms with Crippen LogP contribution in [0.5, 0.6) is 0 Å². The summed E-state index contributed by atoms with van der Waals surface area (Å²) in [5, 5.41) is 6.56. The maximum Gasteiger partial charge on any atom is 0.254 e. The lowest BCUT2D eigenvalue weighted by Gasteiger charge is -2.48. The van der Waals surface area contributed by atoms with E-state index in [9.17, 15) is 14.4 Å². The summed E-state index contributed by atoms with van der Waals surface area (Å²) in [5.41, 5.74) is 0.948. The van der Waals surface area contributed by atoms with Gasteiger partial charge in [0.1, 0.15) is 6.04 Å². The predicted molar refractivity (Wildman–Crippen MR) is 120 cm³/mol. The Kier molecular flexibility index (Phi) is 6.49. The van der Waals surface area contributed by atoms with E-state index < -0.39 is 11.9 Å². The van der Waals surface area contributed by atoms with Crippen molar-refractivity contribution in [1.82, 2.24) is 10.2 Å². The summed E-state index contributed by atoms with van der Waals surface area (Å²) in [4.78, 5) is 40.8. The van der Waals surface area contributed by atoms with Crippen LogP contribution in [0.4, 0.5) is 5.69 Å². The topological polar surface area (TPSA) is 78.5 Å². The number of anilines is 1. The average molecular weight is 460 g/mol. The lowest BCUT2D eigenvalue weighted by atomic mass is 9.84. The first-order valence-electron chi connectivity index (χ1n) is 10.4. The number of benzene rings is 2. The number of amides is 3. The van der Waals surface area contributed by atoms with Crippen molar-refractivity contribution in [2.24, 2.45) is 0 Å². The van der Waals surface area contributed by atoms with Crippen LogP contribution in [0.3, 0.4) is 0 Å². The number of hydrogen-bond donors (Lipinski definition) is 2. The van der Waals surface area contributed by atoms with Crippen LogP contribution in [0, 0.1) is 0 Å². The van der Waals surface area contributed by atoms with Crippen molar-refractivity contribution in [1.29, 1.82) is 0 Å². The van der Waals surface area contributed by atoms with E-state index in [1.54, 1.807) is 47.4 Å². The standard InChI is InChI=1S/C23H23Cl2N3O3/c24-15-10-16(25)12-17(11-15)26-21(29)13-20-22(30)27-18-8-4-5-9-19(18)28(20)23(31)14-6-2-1-3-7-14/h1-3,6-7,10-12,18-20H,4-5,8-9,13H2,(H,26,29)(H,27,30)/t18-,19-,20-/m1/s1. The van der Waals surface area contributed by atoms with Gasteiger partial charge in [0.25, 0.3) is 5.91 Å². The highest BCUT2D eigenvalue weighted by Gasteiger charge is 2.46. The molecular weight excluding hydrogens is 437 g/mol. The van der Waals surface area contributed by atoms with E-state index in [0.29, 0.717) is 21.3 Å². The van der Waals surface area contributed by atoms with Gasteiger partial charge >= 0.3 is 0 Å². The normalized spacial score (nSPS) is 23.0. The molecule has 6 nitrogen and oxygen atoms in total. The van der Waals surface area contributed by atoms with Crippen LogP contribution in [0.15, 0.2) is 48.5 Å². The lowest BCUT2D eigenvalue weighted by molar-refractivity contribution is -0.135. The van der Waals surface area contributed by atoms with Gasteiger partial charge in [-0.05, 0) is 43.2 Å². The molecule has 1 aliphatic heterocycles. The summed E-state index contributed by atoms with van der Waals surface area (Å²) in [6.07, 6.45) is 3.46. The van der Waals surface area contributed by atoms with E-state index in [1.807, 2.05) is 6.07 Å². The largest absolute Gasteiger partial charge is 0.349 e. The molecule has 0 bridgehead atoms. The Labute approximate surface area is 190 Å². The number of carbonyl (C=O) groups is 3. The predicted octanol–water partition coefficient (Wildman–Crippen LogP) is 4.27. The van der Waals surface area contributed by atoms with E-state index in [0.717, 1.165) is 25.7 Å². The molecule has 2 aromatic carbocycles. The minimum Gasteiger partial charge on any atom is -0.349 e. The molecule has 0 aromatic heterocycles. The zero-order chi connectivity index (χ0) is 22.0. The second-order valence-corrected chi connectivity index (χ2v) is 8.84. The molecule has 2 aromatic rings. The van der Waals surface area contributed by atoms with Crippen LogP contribution < -0.4 is 10.6 Å². The third-order valence-corrected chi connectivity index (χ3v) is 6.27. The molecule has 2 fully saturated rings. The van der Waals surface area contributed by atoms with Gasteiger partial charge in [0.2, 0.25) is 11.8 Å². The molecule has 0 radical (unpaired) electrons. The van der Waals surface area contributed by atoms with Crippen LogP contribution in [0.2, 0.25) is 10.0 Å². The van der Waals surface area contributed by atoms with E-state index in [-0.39, 0.29) is 30.3 Å². The highest BCUT2D eigenvalue weighted by Crippen LogP contribution is 2.31. The fourth-order valence-electron chi connectivity index (χ4n) is 4.48. The number of carbonyl (C=O) groups excluding carboxylic acids is 3. The lowest BCUT2D eigenvalue weighted by Crippen LogP contribution is -2.68. The van der Waals surface area contributed by atoms with Gasteiger partial charge in [-0.2, -0.15) is 0 Å². The second kappa shape index (κ2) is 9.28. The molecule has 3 atom stereocenters. The highest BCUT2D eigenvalue weighted by atomic mass is 35.5. The Balaban J connectivity index is 1.59. The fourth-order valence-corrected chi connectivity index (χ4v) is 5.00. The molecule has 1 heterocycles. The Bertz CT molecular complexity index is 979. The van der Waals surface area contributed by atoms with Crippen molar-refractivity contribution in [3.8, 4) is 0 Å². The van der Waals surface area contributed by atoms with Crippen molar-refractivity contribution >= 4 is 46.6 Å². The average Bonchev–Trinajstić information content (AvgIpc) is 2.73. The Morgan fingerprint density at radius 3 is 2.42 bits per heavy atom. The van der Waals surface area contributed by atoms with E-state index in [2.05, 4.69) is 10.6 Å². The van der Waals surface area contributed by atoms with Gasteiger partial charge in [0.05, 0.1) is 12.5 Å². The summed E-state index contributed by atoms with van der Waals surface area (Å²) in [6.45, 7) is 0. The van der Waals surface area contributed by atoms with Crippen molar-refractivity contribution < 1.29 is 14.4 Å². The Hall–Kier alpha value is -2.57. The van der Waals surface area contributed by atoms with Crippen molar-refractivity contribution in [2.45, 2.75) is 50.2 Å². The molecule has 2 N–H and O–H groups in total.